The number of nitrogens with zero attached hydrogens (tertiary/aromatic N) is 4. The summed E-state index contributed by atoms with van der Waals surface area (Å²) < 4.78 is 0. The number of urea groups is 1. The van der Waals surface area contributed by atoms with E-state index in [2.05, 4.69) is 50.4 Å². The van der Waals surface area contributed by atoms with Gasteiger partial charge in [0.1, 0.15) is 17.5 Å². The van der Waals surface area contributed by atoms with Crippen molar-refractivity contribution >= 4 is 29.6 Å². The first-order valence-corrected chi connectivity index (χ1v) is 15.4. The van der Waals surface area contributed by atoms with Crippen molar-refractivity contribution in [2.45, 2.75) is 68.5 Å². The second kappa shape index (κ2) is 12.9. The number of carbonyl (C=O) groups is 1. The highest BCUT2D eigenvalue weighted by Crippen LogP contribution is 2.43. The maximum Gasteiger partial charge on any atom is 0.314 e. The fourth-order valence-electron chi connectivity index (χ4n) is 6.79. The average Bonchev–Trinajstić information content (AvgIpc) is 2.95. The van der Waals surface area contributed by atoms with Crippen molar-refractivity contribution in [2.75, 3.05) is 36.5 Å². The number of piperidine rings is 1. The summed E-state index contributed by atoms with van der Waals surface area (Å²) in [5.74, 6) is 3.04. The molecule has 208 valence electrons. The SMILES string of the molecule is CSc1ccccc1CNc1ncc(C#N)c(NCC2C[C@H]3CCC[C@@H](C2)[C@@H]3NC2CCN(C(N)=O)CC2)n1. The maximum absolute atomic E-state index is 11.5. The highest BCUT2D eigenvalue weighted by molar-refractivity contribution is 7.98. The molecule has 10 heteroatoms. The molecule has 5 rings (SSSR count). The fourth-order valence-corrected chi connectivity index (χ4v) is 7.41. The first-order chi connectivity index (χ1) is 19.0. The van der Waals surface area contributed by atoms with Gasteiger partial charge in [-0.15, -0.1) is 11.8 Å². The third kappa shape index (κ3) is 6.76. The van der Waals surface area contributed by atoms with Gasteiger partial charge in [-0.25, -0.2) is 9.78 Å². The van der Waals surface area contributed by atoms with Crippen LogP contribution in [0.2, 0.25) is 0 Å². The highest BCUT2D eigenvalue weighted by Gasteiger charge is 2.41. The predicted molar refractivity (Wildman–Crippen MR) is 155 cm³/mol. The molecule has 2 bridgehead atoms. The Kier molecular flexibility index (Phi) is 9.09. The smallest absolute Gasteiger partial charge is 0.314 e. The summed E-state index contributed by atoms with van der Waals surface area (Å²) in [6.07, 6.45) is 11.9. The number of anilines is 2. The molecule has 4 atom stereocenters. The van der Waals surface area contributed by atoms with Crippen molar-refractivity contribution in [1.82, 2.24) is 20.2 Å². The van der Waals surface area contributed by atoms with Crippen molar-refractivity contribution in [3.63, 3.8) is 0 Å². The number of nitriles is 1. The number of hydrogen-bond acceptors (Lipinski definition) is 8. The molecule has 1 saturated heterocycles. The van der Waals surface area contributed by atoms with E-state index in [1.165, 1.54) is 42.6 Å². The third-order valence-electron chi connectivity index (χ3n) is 8.77. The molecular weight excluding hydrogens is 508 g/mol. The number of amides is 2. The van der Waals surface area contributed by atoms with Crippen LogP contribution in [0.1, 0.15) is 56.1 Å². The van der Waals surface area contributed by atoms with Crippen LogP contribution in [0.4, 0.5) is 16.6 Å². The lowest BCUT2D eigenvalue weighted by atomic mass is 9.64. The molecule has 3 aliphatic rings. The molecule has 1 aromatic heterocycles. The van der Waals surface area contributed by atoms with Gasteiger partial charge in [-0.3, -0.25) is 0 Å². The molecule has 39 heavy (non-hydrogen) atoms. The molecular formula is C29H40N8OS. The number of nitrogens with two attached hydrogens (primary N) is 1. The normalized spacial score (nSPS) is 25.1. The molecule has 5 N–H and O–H groups in total. The van der Waals surface area contributed by atoms with E-state index >= 15 is 0 Å². The van der Waals surface area contributed by atoms with Crippen molar-refractivity contribution in [1.29, 1.82) is 5.26 Å². The number of nitrogens with one attached hydrogen (secondary N) is 3. The number of aromatic nitrogens is 2. The van der Waals surface area contributed by atoms with Crippen LogP contribution in [0.25, 0.3) is 0 Å². The highest BCUT2D eigenvalue weighted by atomic mass is 32.2. The number of thioether (sulfide) groups is 1. The molecule has 1 aromatic carbocycles. The third-order valence-corrected chi connectivity index (χ3v) is 9.61. The van der Waals surface area contributed by atoms with Gasteiger partial charge in [-0.05, 0) is 74.2 Å². The number of hydrogen-bond donors (Lipinski definition) is 4. The van der Waals surface area contributed by atoms with E-state index in [9.17, 15) is 10.1 Å². The Morgan fingerprint density at radius 2 is 1.90 bits per heavy atom. The molecule has 1 unspecified atom stereocenters. The Morgan fingerprint density at radius 3 is 2.59 bits per heavy atom. The minimum atomic E-state index is -0.301. The lowest BCUT2D eigenvalue weighted by Gasteiger charge is -2.48. The molecule has 1 aliphatic heterocycles. The quantitative estimate of drug-likeness (QED) is 0.339. The second-order valence-electron chi connectivity index (χ2n) is 11.2. The summed E-state index contributed by atoms with van der Waals surface area (Å²) in [6, 6.07) is 11.3. The van der Waals surface area contributed by atoms with E-state index in [1.807, 2.05) is 12.1 Å². The lowest BCUT2D eigenvalue weighted by molar-refractivity contribution is 0.0720. The number of primary amides is 1. The van der Waals surface area contributed by atoms with E-state index in [4.69, 9.17) is 5.73 Å². The van der Waals surface area contributed by atoms with E-state index in [0.717, 1.165) is 32.5 Å². The topological polar surface area (TPSA) is 132 Å². The fraction of sp³-hybridized carbons (Fsp3) is 0.586. The second-order valence-corrected chi connectivity index (χ2v) is 12.0. The number of carbonyl (C=O) groups excluding carboxylic acids is 1. The van der Waals surface area contributed by atoms with Gasteiger partial charge in [-0.2, -0.15) is 10.2 Å². The number of rotatable bonds is 9. The largest absolute Gasteiger partial charge is 0.369 e. The molecule has 3 fully saturated rings. The van der Waals surface area contributed by atoms with E-state index in [0.29, 0.717) is 53.7 Å². The van der Waals surface area contributed by atoms with Gasteiger partial charge in [0.2, 0.25) is 5.95 Å². The minimum absolute atomic E-state index is 0.301. The van der Waals surface area contributed by atoms with Gasteiger partial charge in [0, 0.05) is 43.2 Å². The molecule has 0 spiro atoms. The standard InChI is InChI=1S/C29H40N8OS/c1-39-25-8-3-2-5-22(25)17-33-29-34-18-23(15-30)27(36-29)32-16-19-13-20-6-4-7-21(14-19)26(20)35-24-9-11-37(12-10-24)28(31)38/h2-3,5,8,18-21,24,26,35H,4,6-7,9-14,16-17H2,1H3,(H2,31,38)(H2,32,33,34,36)/t19?,20-,21+,26-. The first kappa shape index (κ1) is 27.5. The monoisotopic (exact) mass is 548 g/mol. The number of benzene rings is 1. The van der Waals surface area contributed by atoms with Crippen LogP contribution in [-0.4, -0.2) is 58.9 Å². The maximum atomic E-state index is 11.5. The molecule has 2 aromatic rings. The van der Waals surface area contributed by atoms with Gasteiger partial charge >= 0.3 is 6.03 Å². The summed E-state index contributed by atoms with van der Waals surface area (Å²) in [4.78, 5) is 23.5. The van der Waals surface area contributed by atoms with Crippen LogP contribution >= 0.6 is 11.8 Å². The molecule has 9 nitrogen and oxygen atoms in total. The Morgan fingerprint density at radius 1 is 1.15 bits per heavy atom. The minimum Gasteiger partial charge on any atom is -0.369 e. The van der Waals surface area contributed by atoms with Crippen molar-refractivity contribution in [2.24, 2.45) is 23.5 Å². The van der Waals surface area contributed by atoms with Gasteiger partial charge in [0.15, 0.2) is 0 Å². The number of likely N-dealkylation sites (tertiary alicyclic amines) is 1. The van der Waals surface area contributed by atoms with Gasteiger partial charge < -0.3 is 26.6 Å². The van der Waals surface area contributed by atoms with Crippen molar-refractivity contribution in [3.05, 3.63) is 41.6 Å². The van der Waals surface area contributed by atoms with E-state index in [1.54, 1.807) is 22.9 Å². The van der Waals surface area contributed by atoms with Crippen molar-refractivity contribution in [3.8, 4) is 6.07 Å². The van der Waals surface area contributed by atoms with Crippen LogP contribution < -0.4 is 21.7 Å². The molecule has 0 radical (unpaired) electrons. The van der Waals surface area contributed by atoms with Crippen molar-refractivity contribution < 1.29 is 4.79 Å². The van der Waals surface area contributed by atoms with Gasteiger partial charge in [0.05, 0.1) is 6.20 Å². The van der Waals surface area contributed by atoms with Crippen LogP contribution in [-0.2, 0) is 6.54 Å². The summed E-state index contributed by atoms with van der Waals surface area (Å²) >= 11 is 1.72. The lowest BCUT2D eigenvalue weighted by Crippen LogP contribution is -2.55. The molecule has 2 amide bonds. The zero-order valence-corrected chi connectivity index (χ0v) is 23.6. The molecule has 2 heterocycles. The summed E-state index contributed by atoms with van der Waals surface area (Å²) in [6.45, 7) is 2.95. The summed E-state index contributed by atoms with van der Waals surface area (Å²) in [5.41, 5.74) is 7.14. The van der Waals surface area contributed by atoms with E-state index in [-0.39, 0.29) is 6.03 Å². The Balaban J connectivity index is 1.16. The van der Waals surface area contributed by atoms with Gasteiger partial charge in [-0.1, -0.05) is 24.6 Å². The average molecular weight is 549 g/mol. The first-order valence-electron chi connectivity index (χ1n) is 14.2. The molecule has 2 aliphatic carbocycles. The summed E-state index contributed by atoms with van der Waals surface area (Å²) in [7, 11) is 0. The Bertz CT molecular complexity index is 1160. The molecule has 2 saturated carbocycles. The van der Waals surface area contributed by atoms with Crippen LogP contribution in [0.5, 0.6) is 0 Å². The van der Waals surface area contributed by atoms with Gasteiger partial charge in [0.25, 0.3) is 0 Å². The Labute approximate surface area is 235 Å². The summed E-state index contributed by atoms with van der Waals surface area (Å²) in [5, 5.41) is 20.5. The van der Waals surface area contributed by atoms with Crippen LogP contribution in [0.15, 0.2) is 35.4 Å². The van der Waals surface area contributed by atoms with Crippen LogP contribution in [0.3, 0.4) is 0 Å². The van der Waals surface area contributed by atoms with Crippen LogP contribution in [0, 0.1) is 29.1 Å². The zero-order valence-electron chi connectivity index (χ0n) is 22.7. The van der Waals surface area contributed by atoms with E-state index < -0.39 is 0 Å². The predicted octanol–water partition coefficient (Wildman–Crippen LogP) is 4.42. The Hall–Kier alpha value is -3.03. The zero-order chi connectivity index (χ0) is 27.2. The number of fused-ring (bicyclic) bond motifs is 2.